The summed E-state index contributed by atoms with van der Waals surface area (Å²) in [5.74, 6) is 0.691. The maximum absolute atomic E-state index is 12.8. The van der Waals surface area contributed by atoms with Crippen molar-refractivity contribution in [1.29, 1.82) is 0 Å². The van der Waals surface area contributed by atoms with E-state index in [1.807, 2.05) is 24.3 Å². The van der Waals surface area contributed by atoms with Crippen LogP contribution in [0.5, 0.6) is 5.75 Å². The number of hydrogen-bond donors (Lipinski definition) is 1. The molecule has 3 atom stereocenters. The van der Waals surface area contributed by atoms with Gasteiger partial charge in [-0.25, -0.2) is 0 Å². The lowest BCUT2D eigenvalue weighted by atomic mass is 9.75. The molecule has 0 spiro atoms. The summed E-state index contributed by atoms with van der Waals surface area (Å²) < 4.78 is 18.1. The molecular formula is C15H23NO2S. The van der Waals surface area contributed by atoms with Crippen LogP contribution in [0.2, 0.25) is 0 Å². The van der Waals surface area contributed by atoms with Crippen LogP contribution in [0, 0.1) is 5.41 Å². The van der Waals surface area contributed by atoms with Gasteiger partial charge in [0.25, 0.3) is 0 Å². The molecule has 0 aliphatic heterocycles. The molecule has 0 heterocycles. The minimum atomic E-state index is -1.11. The molecule has 3 unspecified atom stereocenters. The Balaban J connectivity index is 2.27. The summed E-state index contributed by atoms with van der Waals surface area (Å²) >= 11 is 0. The molecule has 1 aliphatic rings. The Labute approximate surface area is 118 Å². The minimum Gasteiger partial charge on any atom is -0.495 e. The first-order valence-electron chi connectivity index (χ1n) is 6.74. The number of methoxy groups -OCH3 is 1. The van der Waals surface area contributed by atoms with Crippen molar-refractivity contribution >= 4 is 10.8 Å². The second-order valence-corrected chi connectivity index (χ2v) is 7.70. The summed E-state index contributed by atoms with van der Waals surface area (Å²) in [6.45, 7) is 4.45. The smallest absolute Gasteiger partial charge is 0.134 e. The standard InChI is InChI=1S/C15H23NO2S/c1-15(2)9-8-11(16)14(10-15)19(17)13-7-5-4-6-12(13)18-3/h4-7,11,14H,8-10,16H2,1-3H3. The molecule has 3 nitrogen and oxygen atoms in total. The van der Waals surface area contributed by atoms with E-state index in [1.54, 1.807) is 7.11 Å². The Bertz CT molecular complexity index is 473. The molecule has 106 valence electrons. The van der Waals surface area contributed by atoms with Crippen LogP contribution in [0.1, 0.15) is 33.1 Å². The molecule has 0 radical (unpaired) electrons. The summed E-state index contributed by atoms with van der Waals surface area (Å²) in [6.07, 6.45) is 2.95. The lowest BCUT2D eigenvalue weighted by Crippen LogP contribution is -2.45. The predicted octanol–water partition coefficient (Wildman–Crippen LogP) is 2.71. The van der Waals surface area contributed by atoms with Crippen molar-refractivity contribution in [3.63, 3.8) is 0 Å². The van der Waals surface area contributed by atoms with Gasteiger partial charge in [0.05, 0.1) is 28.1 Å². The van der Waals surface area contributed by atoms with Crippen molar-refractivity contribution in [1.82, 2.24) is 0 Å². The average molecular weight is 281 g/mol. The van der Waals surface area contributed by atoms with Crippen molar-refractivity contribution in [2.45, 2.75) is 49.3 Å². The first-order valence-corrected chi connectivity index (χ1v) is 7.95. The fraction of sp³-hybridized carbons (Fsp3) is 0.600. The monoisotopic (exact) mass is 281 g/mol. The van der Waals surface area contributed by atoms with Gasteiger partial charge in [-0.1, -0.05) is 26.0 Å². The fourth-order valence-corrected chi connectivity index (χ4v) is 4.67. The third-order valence-corrected chi connectivity index (χ3v) is 5.78. The molecule has 2 rings (SSSR count). The quantitative estimate of drug-likeness (QED) is 0.927. The SMILES string of the molecule is COc1ccccc1S(=O)C1CC(C)(C)CCC1N. The molecule has 0 bridgehead atoms. The number of para-hydroxylation sites is 1. The van der Waals surface area contributed by atoms with Gasteiger partial charge in [-0.05, 0) is 36.8 Å². The Kier molecular flexibility index (Phi) is 4.31. The molecule has 1 saturated carbocycles. The molecule has 2 N–H and O–H groups in total. The summed E-state index contributed by atoms with van der Waals surface area (Å²) in [5, 5.41) is 0.0139. The topological polar surface area (TPSA) is 52.3 Å². The lowest BCUT2D eigenvalue weighted by molar-refractivity contribution is 0.230. The van der Waals surface area contributed by atoms with Crippen molar-refractivity contribution in [2.75, 3.05) is 7.11 Å². The van der Waals surface area contributed by atoms with E-state index in [1.165, 1.54) is 0 Å². The average Bonchev–Trinajstić information content (AvgIpc) is 2.40. The number of ether oxygens (including phenoxy) is 1. The summed E-state index contributed by atoms with van der Waals surface area (Å²) in [5.41, 5.74) is 6.42. The molecule has 19 heavy (non-hydrogen) atoms. The minimum absolute atomic E-state index is 0.0128. The third-order valence-electron chi connectivity index (χ3n) is 3.95. The van der Waals surface area contributed by atoms with E-state index >= 15 is 0 Å². The largest absolute Gasteiger partial charge is 0.495 e. The van der Waals surface area contributed by atoms with Gasteiger partial charge in [0.1, 0.15) is 5.75 Å². The fourth-order valence-electron chi connectivity index (χ4n) is 2.72. The lowest BCUT2D eigenvalue weighted by Gasteiger charge is -2.38. The Morgan fingerprint density at radius 3 is 2.74 bits per heavy atom. The van der Waals surface area contributed by atoms with Crippen LogP contribution in [-0.4, -0.2) is 22.6 Å². The van der Waals surface area contributed by atoms with Gasteiger partial charge in [0.15, 0.2) is 0 Å². The highest BCUT2D eigenvalue weighted by Gasteiger charge is 2.37. The summed E-state index contributed by atoms with van der Waals surface area (Å²) in [4.78, 5) is 0.767. The molecule has 0 aromatic heterocycles. The first kappa shape index (κ1) is 14.5. The molecule has 0 amide bonds. The van der Waals surface area contributed by atoms with Gasteiger partial charge >= 0.3 is 0 Å². The van der Waals surface area contributed by atoms with Gasteiger partial charge < -0.3 is 10.5 Å². The van der Waals surface area contributed by atoms with Crippen LogP contribution < -0.4 is 10.5 Å². The number of rotatable bonds is 3. The van der Waals surface area contributed by atoms with Crippen molar-refractivity contribution in [3.05, 3.63) is 24.3 Å². The molecule has 1 fully saturated rings. The van der Waals surface area contributed by atoms with Crippen molar-refractivity contribution in [3.8, 4) is 5.75 Å². The molecule has 1 aromatic rings. The third kappa shape index (κ3) is 3.18. The van der Waals surface area contributed by atoms with Gasteiger partial charge in [-0.3, -0.25) is 4.21 Å². The highest BCUT2D eigenvalue weighted by Crippen LogP contribution is 2.39. The second kappa shape index (κ2) is 5.63. The van der Waals surface area contributed by atoms with Crippen LogP contribution in [0.25, 0.3) is 0 Å². The predicted molar refractivity (Wildman–Crippen MR) is 78.8 cm³/mol. The molecule has 1 aromatic carbocycles. The number of hydrogen-bond acceptors (Lipinski definition) is 3. The maximum Gasteiger partial charge on any atom is 0.134 e. The molecular weight excluding hydrogens is 258 g/mol. The van der Waals surface area contributed by atoms with Gasteiger partial charge in [-0.2, -0.15) is 0 Å². The van der Waals surface area contributed by atoms with Gasteiger partial charge in [0.2, 0.25) is 0 Å². The first-order chi connectivity index (χ1) is 8.94. The van der Waals surface area contributed by atoms with E-state index in [4.69, 9.17) is 10.5 Å². The molecule has 4 heteroatoms. The van der Waals surface area contributed by atoms with E-state index < -0.39 is 10.8 Å². The van der Waals surface area contributed by atoms with E-state index in [0.29, 0.717) is 5.75 Å². The Hall–Kier alpha value is -0.870. The number of nitrogens with two attached hydrogens (primary N) is 1. The Morgan fingerprint density at radius 2 is 2.05 bits per heavy atom. The van der Waals surface area contributed by atoms with Crippen molar-refractivity contribution < 1.29 is 8.95 Å². The van der Waals surface area contributed by atoms with Crippen LogP contribution in [0.3, 0.4) is 0 Å². The molecule has 1 aliphatic carbocycles. The van der Waals surface area contributed by atoms with E-state index in [-0.39, 0.29) is 16.7 Å². The summed E-state index contributed by atoms with van der Waals surface area (Å²) in [6, 6.07) is 7.54. The molecule has 0 saturated heterocycles. The Morgan fingerprint density at radius 1 is 1.37 bits per heavy atom. The van der Waals surface area contributed by atoms with Crippen LogP contribution >= 0.6 is 0 Å². The van der Waals surface area contributed by atoms with Crippen molar-refractivity contribution in [2.24, 2.45) is 11.1 Å². The van der Waals surface area contributed by atoms with Gasteiger partial charge in [0, 0.05) is 6.04 Å². The van der Waals surface area contributed by atoms with E-state index in [2.05, 4.69) is 13.8 Å². The highest BCUT2D eigenvalue weighted by atomic mass is 32.2. The number of benzene rings is 1. The highest BCUT2D eigenvalue weighted by molar-refractivity contribution is 7.85. The van der Waals surface area contributed by atoms with Gasteiger partial charge in [-0.15, -0.1) is 0 Å². The van der Waals surface area contributed by atoms with Crippen LogP contribution in [-0.2, 0) is 10.8 Å². The van der Waals surface area contributed by atoms with Crippen LogP contribution in [0.4, 0.5) is 0 Å². The maximum atomic E-state index is 12.8. The van der Waals surface area contributed by atoms with Crippen LogP contribution in [0.15, 0.2) is 29.2 Å². The summed E-state index contributed by atoms with van der Waals surface area (Å²) in [7, 11) is 0.504. The zero-order valence-corrected chi connectivity index (χ0v) is 12.7. The zero-order chi connectivity index (χ0) is 14.0. The second-order valence-electron chi connectivity index (χ2n) is 6.06. The van der Waals surface area contributed by atoms with E-state index in [9.17, 15) is 4.21 Å². The normalized spacial score (nSPS) is 27.8. The zero-order valence-electron chi connectivity index (χ0n) is 11.9. The van der Waals surface area contributed by atoms with E-state index in [0.717, 1.165) is 24.2 Å².